The largest absolute Gasteiger partial charge is 0.324 e. The molecule has 3 aromatic rings. The first-order valence-electron chi connectivity index (χ1n) is 10.3. The van der Waals surface area contributed by atoms with Crippen molar-refractivity contribution in [2.24, 2.45) is 0 Å². The molecule has 0 spiro atoms. The van der Waals surface area contributed by atoms with Crippen LogP contribution < -0.4 is 10.6 Å². The van der Waals surface area contributed by atoms with Gasteiger partial charge in [0, 0.05) is 24.8 Å². The highest BCUT2D eigenvalue weighted by molar-refractivity contribution is 7.85. The molecule has 1 aromatic carbocycles. The lowest BCUT2D eigenvalue weighted by molar-refractivity contribution is 0.149. The van der Waals surface area contributed by atoms with E-state index in [1.165, 1.54) is 0 Å². The predicted octanol–water partition coefficient (Wildman–Crippen LogP) is 2.93. The summed E-state index contributed by atoms with van der Waals surface area (Å²) in [4.78, 5) is 12.7. The minimum absolute atomic E-state index is 0.0895. The van der Waals surface area contributed by atoms with Crippen LogP contribution >= 0.6 is 0 Å². The number of benzene rings is 1. The topological polar surface area (TPSA) is 111 Å². The SMILES string of the molecule is Cc1ncc(-c2nc(Nc3ccc(CS(=O)(=O)OC4CNC4)cc3)ncc2F)n1C(C)C. The summed E-state index contributed by atoms with van der Waals surface area (Å²) in [6, 6.07) is 6.88. The van der Waals surface area contributed by atoms with Crippen LogP contribution in [0.15, 0.2) is 36.7 Å². The number of aryl methyl sites for hydroxylation is 1. The highest BCUT2D eigenvalue weighted by Crippen LogP contribution is 2.26. The fourth-order valence-corrected chi connectivity index (χ4v) is 4.70. The molecular formula is C21H25FN6O3S. The highest BCUT2D eigenvalue weighted by Gasteiger charge is 2.25. The number of rotatable bonds is 8. The van der Waals surface area contributed by atoms with Crippen LogP contribution in [0, 0.1) is 12.7 Å². The molecule has 0 atom stereocenters. The van der Waals surface area contributed by atoms with Gasteiger partial charge in [0.1, 0.15) is 23.4 Å². The van der Waals surface area contributed by atoms with Crippen molar-refractivity contribution >= 4 is 21.8 Å². The molecule has 4 rings (SSSR count). The molecule has 1 aliphatic heterocycles. The van der Waals surface area contributed by atoms with E-state index in [9.17, 15) is 12.8 Å². The Bertz CT molecular complexity index is 1210. The molecule has 1 saturated heterocycles. The third-order valence-corrected chi connectivity index (χ3v) is 6.32. The molecule has 0 bridgehead atoms. The van der Waals surface area contributed by atoms with Gasteiger partial charge >= 0.3 is 0 Å². The van der Waals surface area contributed by atoms with Crippen LogP contribution in [0.3, 0.4) is 0 Å². The predicted molar refractivity (Wildman–Crippen MR) is 118 cm³/mol. The summed E-state index contributed by atoms with van der Waals surface area (Å²) >= 11 is 0. The maximum absolute atomic E-state index is 14.5. The summed E-state index contributed by atoms with van der Waals surface area (Å²) in [5.74, 6) is 0.237. The number of hydrogen-bond acceptors (Lipinski definition) is 8. The van der Waals surface area contributed by atoms with Gasteiger partial charge in [0.15, 0.2) is 5.82 Å². The number of anilines is 2. The fourth-order valence-electron chi connectivity index (χ4n) is 3.48. The maximum atomic E-state index is 14.5. The van der Waals surface area contributed by atoms with E-state index in [1.807, 2.05) is 25.3 Å². The first-order valence-corrected chi connectivity index (χ1v) is 11.8. The zero-order valence-corrected chi connectivity index (χ0v) is 18.9. The Labute approximate surface area is 186 Å². The van der Waals surface area contributed by atoms with E-state index in [1.54, 1.807) is 30.5 Å². The van der Waals surface area contributed by atoms with Crippen molar-refractivity contribution in [1.29, 1.82) is 0 Å². The van der Waals surface area contributed by atoms with Crippen molar-refractivity contribution in [3.63, 3.8) is 0 Å². The van der Waals surface area contributed by atoms with E-state index in [2.05, 4.69) is 25.6 Å². The lowest BCUT2D eigenvalue weighted by Crippen LogP contribution is -2.49. The van der Waals surface area contributed by atoms with Gasteiger partial charge in [-0.1, -0.05) is 12.1 Å². The molecule has 11 heteroatoms. The molecule has 1 fully saturated rings. The highest BCUT2D eigenvalue weighted by atomic mass is 32.2. The van der Waals surface area contributed by atoms with E-state index in [-0.39, 0.29) is 29.5 Å². The Kier molecular flexibility index (Phi) is 6.22. The van der Waals surface area contributed by atoms with E-state index in [4.69, 9.17) is 4.18 Å². The average molecular weight is 461 g/mol. The van der Waals surface area contributed by atoms with Gasteiger partial charge in [-0.15, -0.1) is 0 Å². The number of halogens is 1. The second-order valence-electron chi connectivity index (χ2n) is 7.94. The Morgan fingerprint density at radius 1 is 1.22 bits per heavy atom. The van der Waals surface area contributed by atoms with Gasteiger partial charge in [0.25, 0.3) is 10.1 Å². The summed E-state index contributed by atoms with van der Waals surface area (Å²) in [7, 11) is -3.65. The van der Waals surface area contributed by atoms with Crippen LogP contribution in [0.25, 0.3) is 11.4 Å². The van der Waals surface area contributed by atoms with Crippen molar-refractivity contribution in [2.75, 3.05) is 18.4 Å². The van der Waals surface area contributed by atoms with Crippen LogP contribution in [0.2, 0.25) is 0 Å². The number of hydrogen-bond donors (Lipinski definition) is 2. The normalized spacial score (nSPS) is 14.5. The average Bonchev–Trinajstić information content (AvgIpc) is 3.09. The van der Waals surface area contributed by atoms with Crippen LogP contribution in [0.4, 0.5) is 16.0 Å². The second-order valence-corrected chi connectivity index (χ2v) is 9.54. The molecule has 3 heterocycles. The Hall–Kier alpha value is -2.89. The molecule has 32 heavy (non-hydrogen) atoms. The minimum atomic E-state index is -3.65. The molecule has 0 aliphatic carbocycles. The molecule has 2 aromatic heterocycles. The number of aromatic nitrogens is 4. The molecule has 0 radical (unpaired) electrons. The molecule has 1 aliphatic rings. The van der Waals surface area contributed by atoms with Crippen molar-refractivity contribution in [3.05, 3.63) is 53.9 Å². The van der Waals surface area contributed by atoms with E-state index >= 15 is 0 Å². The van der Waals surface area contributed by atoms with Gasteiger partial charge in [0.05, 0.1) is 18.1 Å². The maximum Gasteiger partial charge on any atom is 0.271 e. The zero-order valence-electron chi connectivity index (χ0n) is 18.0. The van der Waals surface area contributed by atoms with Crippen molar-refractivity contribution in [2.45, 2.75) is 38.7 Å². The summed E-state index contributed by atoms with van der Waals surface area (Å²) < 4.78 is 45.8. The minimum Gasteiger partial charge on any atom is -0.324 e. The van der Waals surface area contributed by atoms with Crippen molar-refractivity contribution < 1.29 is 17.0 Å². The summed E-state index contributed by atoms with van der Waals surface area (Å²) in [6.07, 6.45) is 2.42. The summed E-state index contributed by atoms with van der Waals surface area (Å²) in [5, 5.41) is 6.00. The van der Waals surface area contributed by atoms with Gasteiger partial charge in [0.2, 0.25) is 5.95 Å². The van der Waals surface area contributed by atoms with Gasteiger partial charge in [-0.05, 0) is 38.5 Å². The van der Waals surface area contributed by atoms with E-state index in [0.29, 0.717) is 30.0 Å². The Morgan fingerprint density at radius 2 is 1.94 bits per heavy atom. The first kappa shape index (κ1) is 22.3. The van der Waals surface area contributed by atoms with Crippen LogP contribution in [0.1, 0.15) is 31.3 Å². The molecule has 0 saturated carbocycles. The molecule has 170 valence electrons. The third kappa shape index (κ3) is 4.95. The molecule has 0 unspecified atom stereocenters. The van der Waals surface area contributed by atoms with Gasteiger partial charge in [-0.2, -0.15) is 8.42 Å². The monoisotopic (exact) mass is 460 g/mol. The van der Waals surface area contributed by atoms with Gasteiger partial charge < -0.3 is 15.2 Å². The Morgan fingerprint density at radius 3 is 2.56 bits per heavy atom. The number of nitrogens with zero attached hydrogens (tertiary/aromatic N) is 4. The lowest BCUT2D eigenvalue weighted by Gasteiger charge is -2.26. The van der Waals surface area contributed by atoms with Crippen LogP contribution in [-0.4, -0.2) is 47.1 Å². The third-order valence-electron chi connectivity index (χ3n) is 5.07. The molecule has 9 nitrogen and oxygen atoms in total. The van der Waals surface area contributed by atoms with Gasteiger partial charge in [-0.3, -0.25) is 4.18 Å². The van der Waals surface area contributed by atoms with Crippen LogP contribution in [-0.2, 0) is 20.1 Å². The van der Waals surface area contributed by atoms with Crippen molar-refractivity contribution in [1.82, 2.24) is 24.8 Å². The Balaban J connectivity index is 1.49. The second kappa shape index (κ2) is 8.93. The lowest BCUT2D eigenvalue weighted by atomic mass is 10.2. The summed E-state index contributed by atoms with van der Waals surface area (Å²) in [5.41, 5.74) is 1.96. The number of nitrogens with one attached hydrogen (secondary N) is 2. The quantitative estimate of drug-likeness (QED) is 0.494. The zero-order chi connectivity index (χ0) is 22.9. The summed E-state index contributed by atoms with van der Waals surface area (Å²) in [6.45, 7) is 6.93. The van der Waals surface area contributed by atoms with Crippen molar-refractivity contribution in [3.8, 4) is 11.4 Å². The first-order chi connectivity index (χ1) is 15.2. The standard InChI is InChI=1S/C21H25FN6O3S/c1-13(2)28-14(3)24-11-19(28)20-18(22)10-25-21(27-20)26-16-6-4-15(5-7-16)12-32(29,30)31-17-8-23-9-17/h4-7,10-11,13,17,23H,8-9,12H2,1-3H3,(H,25,26,27). The number of imidazole rings is 1. The van der Waals surface area contributed by atoms with Gasteiger partial charge in [-0.25, -0.2) is 19.3 Å². The molecule has 2 N–H and O–H groups in total. The van der Waals surface area contributed by atoms with E-state index < -0.39 is 15.9 Å². The molecule has 0 amide bonds. The smallest absolute Gasteiger partial charge is 0.271 e. The van der Waals surface area contributed by atoms with Crippen LogP contribution in [0.5, 0.6) is 0 Å². The molecular weight excluding hydrogens is 435 g/mol. The fraction of sp³-hybridized carbons (Fsp3) is 0.381. The van der Waals surface area contributed by atoms with E-state index in [0.717, 1.165) is 12.0 Å².